The normalized spacial score (nSPS) is 16.6. The van der Waals surface area contributed by atoms with E-state index in [9.17, 15) is 4.79 Å². The van der Waals surface area contributed by atoms with Crippen LogP contribution in [0.5, 0.6) is 0 Å². The molecule has 1 amide bonds. The summed E-state index contributed by atoms with van der Waals surface area (Å²) in [6.07, 6.45) is 3.28. The molecule has 1 aromatic rings. The summed E-state index contributed by atoms with van der Waals surface area (Å²) in [4.78, 5) is 17.7. The molecule has 1 saturated heterocycles. The van der Waals surface area contributed by atoms with Gasteiger partial charge in [-0.15, -0.1) is 0 Å². The van der Waals surface area contributed by atoms with Gasteiger partial charge in [-0.3, -0.25) is 0 Å². The maximum absolute atomic E-state index is 12.0. The molecule has 1 aromatic heterocycles. The van der Waals surface area contributed by atoms with Crippen molar-refractivity contribution in [3.63, 3.8) is 0 Å². The van der Waals surface area contributed by atoms with Crippen LogP contribution in [0.3, 0.4) is 0 Å². The van der Waals surface area contributed by atoms with Gasteiger partial charge in [0.2, 0.25) is 0 Å². The Morgan fingerprint density at radius 2 is 2.05 bits per heavy atom. The summed E-state index contributed by atoms with van der Waals surface area (Å²) in [6, 6.07) is 3.66. The highest BCUT2D eigenvalue weighted by Crippen LogP contribution is 2.18. The van der Waals surface area contributed by atoms with Crippen molar-refractivity contribution in [2.75, 3.05) is 13.1 Å². The number of aromatic nitrogens is 1. The Balaban J connectivity index is 1.73. The summed E-state index contributed by atoms with van der Waals surface area (Å²) >= 11 is 5.75. The monoisotopic (exact) mass is 326 g/mol. The molecular formula is C16H23ClN2O3. The van der Waals surface area contributed by atoms with Crippen LogP contribution in [0.4, 0.5) is 4.79 Å². The van der Waals surface area contributed by atoms with Gasteiger partial charge in [0.25, 0.3) is 0 Å². The summed E-state index contributed by atoms with van der Waals surface area (Å²) in [5.41, 5.74) is 0.547. The predicted molar refractivity (Wildman–Crippen MR) is 84.9 cm³/mol. The third-order valence-corrected chi connectivity index (χ3v) is 3.59. The first-order chi connectivity index (χ1) is 10.3. The van der Waals surface area contributed by atoms with Crippen LogP contribution in [-0.2, 0) is 16.1 Å². The molecule has 1 aliphatic rings. The smallest absolute Gasteiger partial charge is 0.410 e. The Morgan fingerprint density at radius 1 is 1.36 bits per heavy atom. The van der Waals surface area contributed by atoms with Gasteiger partial charge in [-0.1, -0.05) is 17.7 Å². The Kier molecular flexibility index (Phi) is 5.64. The zero-order chi connectivity index (χ0) is 16.2. The molecule has 0 unspecified atom stereocenters. The molecule has 1 fully saturated rings. The Labute approximate surface area is 136 Å². The van der Waals surface area contributed by atoms with Crippen LogP contribution in [0.2, 0.25) is 5.15 Å². The van der Waals surface area contributed by atoms with Crippen molar-refractivity contribution < 1.29 is 14.3 Å². The number of hydrogen-bond acceptors (Lipinski definition) is 4. The minimum absolute atomic E-state index is 0.161. The number of ether oxygens (including phenoxy) is 2. The Morgan fingerprint density at radius 3 is 2.59 bits per heavy atom. The standard InChI is InChI=1S/C16H23ClN2O3/c1-16(2,3)22-15(20)19-8-6-13(7-9-19)21-11-12-4-5-14(17)18-10-12/h4-5,10,13H,6-9,11H2,1-3H3. The highest BCUT2D eigenvalue weighted by Gasteiger charge is 2.27. The van der Waals surface area contributed by atoms with E-state index in [1.807, 2.05) is 26.8 Å². The number of pyridine rings is 1. The van der Waals surface area contributed by atoms with Gasteiger partial charge >= 0.3 is 6.09 Å². The summed E-state index contributed by atoms with van der Waals surface area (Å²) in [6.45, 7) is 7.47. The van der Waals surface area contributed by atoms with Gasteiger partial charge in [-0.2, -0.15) is 0 Å². The third-order valence-electron chi connectivity index (χ3n) is 3.37. The summed E-state index contributed by atoms with van der Waals surface area (Å²) in [5, 5.41) is 0.481. The molecule has 0 bridgehead atoms. The predicted octanol–water partition coefficient (Wildman–Crippen LogP) is 3.65. The van der Waals surface area contributed by atoms with Crippen LogP contribution < -0.4 is 0 Å². The lowest BCUT2D eigenvalue weighted by molar-refractivity contribution is -0.0171. The molecule has 0 radical (unpaired) electrons. The van der Waals surface area contributed by atoms with E-state index in [0.29, 0.717) is 24.8 Å². The largest absolute Gasteiger partial charge is 0.444 e. The number of carbonyl (C=O) groups excluding carboxylic acids is 1. The van der Waals surface area contributed by atoms with Gasteiger partial charge in [0, 0.05) is 19.3 Å². The lowest BCUT2D eigenvalue weighted by Gasteiger charge is -2.33. The zero-order valence-corrected chi connectivity index (χ0v) is 14.1. The molecule has 2 heterocycles. The zero-order valence-electron chi connectivity index (χ0n) is 13.3. The molecule has 0 saturated carbocycles. The summed E-state index contributed by atoms with van der Waals surface area (Å²) in [5.74, 6) is 0. The minimum atomic E-state index is -0.452. The number of nitrogens with zero attached hydrogens (tertiary/aromatic N) is 2. The first-order valence-electron chi connectivity index (χ1n) is 7.53. The molecule has 0 N–H and O–H groups in total. The lowest BCUT2D eigenvalue weighted by atomic mass is 10.1. The number of piperidine rings is 1. The third kappa shape index (κ3) is 5.46. The molecule has 0 spiro atoms. The van der Waals surface area contributed by atoms with E-state index in [2.05, 4.69) is 4.98 Å². The first-order valence-corrected chi connectivity index (χ1v) is 7.91. The Bertz CT molecular complexity index is 491. The van der Waals surface area contributed by atoms with E-state index in [-0.39, 0.29) is 12.2 Å². The van der Waals surface area contributed by atoms with Crippen LogP contribution in [0.15, 0.2) is 18.3 Å². The van der Waals surface area contributed by atoms with E-state index >= 15 is 0 Å². The van der Waals surface area contributed by atoms with Crippen molar-refractivity contribution in [2.24, 2.45) is 0 Å². The van der Waals surface area contributed by atoms with Crippen LogP contribution in [-0.4, -0.2) is 40.8 Å². The average molecular weight is 327 g/mol. The second kappa shape index (κ2) is 7.29. The maximum Gasteiger partial charge on any atom is 0.410 e. The molecule has 122 valence electrons. The van der Waals surface area contributed by atoms with Crippen LogP contribution >= 0.6 is 11.6 Å². The van der Waals surface area contributed by atoms with E-state index in [4.69, 9.17) is 21.1 Å². The van der Waals surface area contributed by atoms with E-state index in [1.165, 1.54) is 0 Å². The van der Waals surface area contributed by atoms with Gasteiger partial charge in [0.15, 0.2) is 0 Å². The second-order valence-electron chi connectivity index (χ2n) is 6.47. The van der Waals surface area contributed by atoms with E-state index in [0.717, 1.165) is 18.4 Å². The molecule has 0 atom stereocenters. The van der Waals surface area contributed by atoms with E-state index in [1.54, 1.807) is 17.2 Å². The molecule has 1 aliphatic heterocycles. The summed E-state index contributed by atoms with van der Waals surface area (Å²) < 4.78 is 11.3. The average Bonchev–Trinajstić information content (AvgIpc) is 2.45. The SMILES string of the molecule is CC(C)(C)OC(=O)N1CCC(OCc2ccc(Cl)nc2)CC1. The molecule has 5 nitrogen and oxygen atoms in total. The quantitative estimate of drug-likeness (QED) is 0.796. The van der Waals surface area contributed by atoms with Crippen molar-refractivity contribution >= 4 is 17.7 Å². The minimum Gasteiger partial charge on any atom is -0.444 e. The number of hydrogen-bond donors (Lipinski definition) is 0. The van der Waals surface area contributed by atoms with Crippen molar-refractivity contribution in [1.29, 1.82) is 0 Å². The van der Waals surface area contributed by atoms with Gasteiger partial charge in [0.05, 0.1) is 12.7 Å². The number of carbonyl (C=O) groups is 1. The number of amides is 1. The molecule has 0 aromatic carbocycles. The van der Waals surface area contributed by atoms with E-state index < -0.39 is 5.60 Å². The van der Waals surface area contributed by atoms with Crippen molar-refractivity contribution in [3.05, 3.63) is 29.0 Å². The molecular weight excluding hydrogens is 304 g/mol. The second-order valence-corrected chi connectivity index (χ2v) is 6.85. The number of likely N-dealkylation sites (tertiary alicyclic amines) is 1. The first kappa shape index (κ1) is 17.0. The summed E-state index contributed by atoms with van der Waals surface area (Å²) in [7, 11) is 0. The van der Waals surface area contributed by atoms with Gasteiger partial charge in [0.1, 0.15) is 10.8 Å². The number of rotatable bonds is 3. The highest BCUT2D eigenvalue weighted by atomic mass is 35.5. The molecule has 0 aliphatic carbocycles. The highest BCUT2D eigenvalue weighted by molar-refractivity contribution is 6.29. The van der Waals surface area contributed by atoms with Crippen LogP contribution in [0, 0.1) is 0 Å². The van der Waals surface area contributed by atoms with Gasteiger partial charge in [-0.25, -0.2) is 9.78 Å². The van der Waals surface area contributed by atoms with Crippen LogP contribution in [0.1, 0.15) is 39.2 Å². The molecule has 22 heavy (non-hydrogen) atoms. The maximum atomic E-state index is 12.0. The topological polar surface area (TPSA) is 51.7 Å². The van der Waals surface area contributed by atoms with Crippen LogP contribution in [0.25, 0.3) is 0 Å². The molecule has 2 rings (SSSR count). The number of halogens is 1. The fourth-order valence-electron chi connectivity index (χ4n) is 2.24. The van der Waals surface area contributed by atoms with Gasteiger partial charge < -0.3 is 14.4 Å². The Hall–Kier alpha value is -1.33. The van der Waals surface area contributed by atoms with Gasteiger partial charge in [-0.05, 0) is 45.2 Å². The fraction of sp³-hybridized carbons (Fsp3) is 0.625. The van der Waals surface area contributed by atoms with Crippen molar-refractivity contribution in [2.45, 2.75) is 51.9 Å². The van der Waals surface area contributed by atoms with Crippen molar-refractivity contribution in [3.8, 4) is 0 Å². The molecule has 6 heteroatoms. The van der Waals surface area contributed by atoms with Crippen molar-refractivity contribution in [1.82, 2.24) is 9.88 Å². The lowest BCUT2D eigenvalue weighted by Crippen LogP contribution is -2.43. The fourth-order valence-corrected chi connectivity index (χ4v) is 2.35.